The molecule has 0 unspecified atom stereocenters. The normalized spacial score (nSPS) is 12.8. The number of hydrogen-bond donors (Lipinski definition) is 1. The second-order valence-electron chi connectivity index (χ2n) is 1.86. The second-order valence-corrected chi connectivity index (χ2v) is 2.27. The topological polar surface area (TPSA) is 12.0 Å². The molecular weight excluding hydrogens is 134 g/mol. The zero-order valence-electron chi connectivity index (χ0n) is 5.87. The van der Waals surface area contributed by atoms with Crippen LogP contribution in [0.2, 0.25) is 0 Å². The van der Waals surface area contributed by atoms with E-state index < -0.39 is 0 Å². The molecule has 2 heteroatoms. The van der Waals surface area contributed by atoms with E-state index in [1.807, 2.05) is 14.0 Å². The minimum absolute atomic E-state index is 0.740. The zero-order chi connectivity index (χ0) is 7.28. The highest BCUT2D eigenvalue weighted by atomic mass is 35.5. The van der Waals surface area contributed by atoms with Gasteiger partial charge >= 0.3 is 0 Å². The van der Waals surface area contributed by atoms with Gasteiger partial charge in [-0.1, -0.05) is 24.3 Å². The van der Waals surface area contributed by atoms with Gasteiger partial charge in [0.15, 0.2) is 0 Å². The maximum Gasteiger partial charge on any atom is 0.0402 e. The smallest absolute Gasteiger partial charge is 0.0402 e. The summed E-state index contributed by atoms with van der Waals surface area (Å²) in [6.07, 6.45) is 1.65. The van der Waals surface area contributed by atoms with E-state index in [-0.39, 0.29) is 0 Å². The van der Waals surface area contributed by atoms with Gasteiger partial charge in [0.25, 0.3) is 0 Å². The Labute approximate surface area is 61.4 Å². The van der Waals surface area contributed by atoms with Gasteiger partial charge in [0.2, 0.25) is 0 Å². The van der Waals surface area contributed by atoms with E-state index >= 15 is 0 Å². The first-order valence-electron chi connectivity index (χ1n) is 2.84. The molecule has 0 aliphatic heterocycles. The largest absolute Gasteiger partial charge is 0.316 e. The summed E-state index contributed by atoms with van der Waals surface area (Å²) in [5, 5.41) is 3.73. The summed E-state index contributed by atoms with van der Waals surface area (Å²) in [5.74, 6) is 0. The van der Waals surface area contributed by atoms with Gasteiger partial charge in [-0.2, -0.15) is 0 Å². The molecule has 1 nitrogen and oxygen atoms in total. The third-order valence-corrected chi connectivity index (χ3v) is 1.51. The Kier molecular flexibility index (Phi) is 4.46. The van der Waals surface area contributed by atoms with Crippen LogP contribution < -0.4 is 5.32 Å². The Morgan fingerprint density at radius 1 is 1.78 bits per heavy atom. The summed E-state index contributed by atoms with van der Waals surface area (Å²) in [6, 6.07) is 0. The monoisotopic (exact) mass is 145 g/mol. The van der Waals surface area contributed by atoms with Crippen molar-refractivity contribution in [2.45, 2.75) is 6.92 Å². The summed E-state index contributed by atoms with van der Waals surface area (Å²) < 4.78 is 0. The van der Waals surface area contributed by atoms with Crippen molar-refractivity contribution in [3.63, 3.8) is 0 Å². The van der Waals surface area contributed by atoms with E-state index in [0.717, 1.165) is 17.2 Å². The van der Waals surface area contributed by atoms with Crippen LogP contribution >= 0.6 is 11.6 Å². The van der Waals surface area contributed by atoms with Crippen LogP contribution in [0.4, 0.5) is 0 Å². The first-order valence-corrected chi connectivity index (χ1v) is 3.22. The lowest BCUT2D eigenvalue weighted by Gasteiger charge is -1.98. The minimum atomic E-state index is 0.740. The van der Waals surface area contributed by atoms with Gasteiger partial charge in [0, 0.05) is 11.6 Å². The molecule has 0 heterocycles. The molecule has 0 aliphatic carbocycles. The number of rotatable bonds is 3. The summed E-state index contributed by atoms with van der Waals surface area (Å²) >= 11 is 5.72. The van der Waals surface area contributed by atoms with Crippen LogP contribution in [0, 0.1) is 0 Å². The van der Waals surface area contributed by atoms with E-state index in [0.29, 0.717) is 0 Å². The average Bonchev–Trinajstić information content (AvgIpc) is 1.87. The summed E-state index contributed by atoms with van der Waals surface area (Å²) in [6.45, 7) is 6.34. The Morgan fingerprint density at radius 2 is 2.33 bits per heavy atom. The van der Waals surface area contributed by atoms with Crippen LogP contribution in [0.25, 0.3) is 0 Å². The van der Waals surface area contributed by atoms with Crippen molar-refractivity contribution in [2.24, 2.45) is 0 Å². The molecule has 1 N–H and O–H groups in total. The molecule has 9 heavy (non-hydrogen) atoms. The first kappa shape index (κ1) is 8.73. The third-order valence-electron chi connectivity index (χ3n) is 1.03. The maximum atomic E-state index is 5.72. The Hall–Kier alpha value is -0.270. The van der Waals surface area contributed by atoms with Gasteiger partial charge in [-0.3, -0.25) is 0 Å². The van der Waals surface area contributed by atoms with Crippen LogP contribution in [0.3, 0.4) is 0 Å². The highest BCUT2D eigenvalue weighted by Crippen LogP contribution is 2.07. The van der Waals surface area contributed by atoms with E-state index in [1.54, 1.807) is 6.08 Å². The van der Waals surface area contributed by atoms with Gasteiger partial charge in [-0.05, 0) is 19.5 Å². The van der Waals surface area contributed by atoms with Crippen molar-refractivity contribution in [1.29, 1.82) is 0 Å². The molecule has 0 fully saturated rings. The number of halogens is 1. The van der Waals surface area contributed by atoms with E-state index in [2.05, 4.69) is 11.9 Å². The number of allylic oxidation sites excluding steroid dienone is 2. The van der Waals surface area contributed by atoms with Crippen molar-refractivity contribution in [1.82, 2.24) is 5.32 Å². The molecule has 0 aromatic rings. The minimum Gasteiger partial charge on any atom is -0.316 e. The van der Waals surface area contributed by atoms with Crippen molar-refractivity contribution in [2.75, 3.05) is 13.6 Å². The van der Waals surface area contributed by atoms with Crippen molar-refractivity contribution in [3.8, 4) is 0 Å². The number of nitrogens with one attached hydrogen (secondary N) is 1. The number of likely N-dealkylation sites (N-methyl/N-ethyl adjacent to an activating group) is 1. The van der Waals surface area contributed by atoms with Crippen LogP contribution in [0.5, 0.6) is 0 Å². The molecule has 0 amide bonds. The second kappa shape index (κ2) is 4.59. The van der Waals surface area contributed by atoms with Gasteiger partial charge < -0.3 is 5.32 Å². The van der Waals surface area contributed by atoms with Crippen molar-refractivity contribution in [3.05, 3.63) is 23.3 Å². The Bertz CT molecular complexity index is 127. The molecule has 0 saturated heterocycles. The highest BCUT2D eigenvalue weighted by molar-refractivity contribution is 6.31. The molecule has 0 radical (unpaired) electrons. The molecule has 52 valence electrons. The molecule has 0 bridgehead atoms. The summed E-state index contributed by atoms with van der Waals surface area (Å²) in [7, 11) is 1.89. The molecule has 0 aromatic carbocycles. The highest BCUT2D eigenvalue weighted by Gasteiger charge is 1.90. The summed E-state index contributed by atoms with van der Waals surface area (Å²) in [5.41, 5.74) is 1.12. The van der Waals surface area contributed by atoms with E-state index in [9.17, 15) is 0 Å². The molecule has 0 aromatic heterocycles. The Balaban J connectivity index is 3.93. The van der Waals surface area contributed by atoms with Crippen molar-refractivity contribution >= 4 is 11.6 Å². The van der Waals surface area contributed by atoms with Crippen LogP contribution in [-0.4, -0.2) is 13.6 Å². The summed E-state index contributed by atoms with van der Waals surface area (Å²) in [4.78, 5) is 0. The fourth-order valence-electron chi connectivity index (χ4n) is 0.524. The average molecular weight is 146 g/mol. The zero-order valence-corrected chi connectivity index (χ0v) is 6.63. The van der Waals surface area contributed by atoms with Gasteiger partial charge in [0.05, 0.1) is 0 Å². The van der Waals surface area contributed by atoms with Crippen molar-refractivity contribution < 1.29 is 0 Å². The van der Waals surface area contributed by atoms with Gasteiger partial charge in [0.1, 0.15) is 0 Å². The van der Waals surface area contributed by atoms with E-state index in [4.69, 9.17) is 11.6 Å². The quantitative estimate of drug-likeness (QED) is 0.599. The standard InChI is InChI=1S/C7H12ClN/c1-4-7(8)6(2)5-9-3/h4,9H,1,5H2,2-3H3/b7-6-. The molecule has 0 spiro atoms. The molecular formula is C7H12ClN. The first-order chi connectivity index (χ1) is 4.22. The third kappa shape index (κ3) is 3.33. The molecule has 0 atom stereocenters. The fourth-order valence-corrected chi connectivity index (χ4v) is 0.591. The molecule has 0 saturated carbocycles. The van der Waals surface area contributed by atoms with Crippen LogP contribution in [0.1, 0.15) is 6.92 Å². The van der Waals surface area contributed by atoms with E-state index in [1.165, 1.54) is 0 Å². The van der Waals surface area contributed by atoms with Gasteiger partial charge in [-0.15, -0.1) is 0 Å². The number of hydrogen-bond acceptors (Lipinski definition) is 1. The lowest BCUT2D eigenvalue weighted by molar-refractivity contribution is 0.878. The maximum absolute atomic E-state index is 5.72. The molecule has 0 aliphatic rings. The molecule has 0 rings (SSSR count). The predicted octanol–water partition coefficient (Wildman–Crippen LogP) is 1.90. The van der Waals surface area contributed by atoms with Crippen LogP contribution in [0.15, 0.2) is 23.3 Å². The van der Waals surface area contributed by atoms with Gasteiger partial charge in [-0.25, -0.2) is 0 Å². The lowest BCUT2D eigenvalue weighted by Crippen LogP contribution is -2.08. The lowest BCUT2D eigenvalue weighted by atomic mass is 10.3. The Morgan fingerprint density at radius 3 is 2.67 bits per heavy atom. The van der Waals surface area contributed by atoms with Crippen LogP contribution in [-0.2, 0) is 0 Å². The fraction of sp³-hybridized carbons (Fsp3) is 0.429. The predicted molar refractivity (Wildman–Crippen MR) is 42.7 cm³/mol. The SMILES string of the molecule is C=C/C(Cl)=C(\C)CNC.